The van der Waals surface area contributed by atoms with Crippen LogP contribution in [0.15, 0.2) is 0 Å². The average Bonchev–Trinajstić information content (AvgIpc) is 2.30. The van der Waals surface area contributed by atoms with Crippen LogP contribution in [0.5, 0.6) is 0 Å². The monoisotopic (exact) mass is 248 g/mol. The molecule has 100 valence electrons. The van der Waals surface area contributed by atoms with Gasteiger partial charge in [-0.3, -0.25) is 4.79 Å². The van der Waals surface area contributed by atoms with Crippen LogP contribution < -0.4 is 0 Å². The molecule has 0 aliphatic heterocycles. The van der Waals surface area contributed by atoms with E-state index in [0.717, 1.165) is 6.42 Å². The Morgan fingerprint density at radius 1 is 1.06 bits per heavy atom. The average molecular weight is 248 g/mol. The molecule has 0 saturated carbocycles. The van der Waals surface area contributed by atoms with Crippen LogP contribution in [0.1, 0.15) is 47.0 Å². The summed E-state index contributed by atoms with van der Waals surface area (Å²) >= 11 is 0. The van der Waals surface area contributed by atoms with Crippen molar-refractivity contribution >= 4 is 5.78 Å². The molecule has 0 fully saturated rings. The summed E-state index contributed by atoms with van der Waals surface area (Å²) in [5, 5.41) is 0. The van der Waals surface area contributed by atoms with Gasteiger partial charge in [0.2, 0.25) is 0 Å². The number of hydrogen-bond acceptors (Lipinski definition) is 2. The molecular weight excluding hydrogens is 224 g/mol. The number of hydrogen-bond donors (Lipinski definition) is 0. The van der Waals surface area contributed by atoms with Crippen LogP contribution in [0.2, 0.25) is 0 Å². The molecular formula is C16H24O2. The molecule has 0 spiro atoms. The van der Waals surface area contributed by atoms with E-state index in [4.69, 9.17) is 4.74 Å². The molecule has 0 aromatic carbocycles. The van der Waals surface area contributed by atoms with Gasteiger partial charge >= 0.3 is 0 Å². The summed E-state index contributed by atoms with van der Waals surface area (Å²) in [6.07, 6.45) is 2.06. The fourth-order valence-corrected chi connectivity index (χ4v) is 1.09. The fourth-order valence-electron chi connectivity index (χ4n) is 1.09. The van der Waals surface area contributed by atoms with E-state index in [1.54, 1.807) is 0 Å². The van der Waals surface area contributed by atoms with E-state index in [-0.39, 0.29) is 11.7 Å². The van der Waals surface area contributed by atoms with Crippen molar-refractivity contribution in [2.24, 2.45) is 11.8 Å². The molecule has 0 amide bonds. The smallest absolute Gasteiger partial charge is 0.137 e. The molecule has 0 bridgehead atoms. The van der Waals surface area contributed by atoms with Crippen LogP contribution in [-0.2, 0) is 9.53 Å². The van der Waals surface area contributed by atoms with Crippen molar-refractivity contribution in [1.29, 1.82) is 0 Å². The van der Waals surface area contributed by atoms with Gasteiger partial charge in [-0.2, -0.15) is 0 Å². The van der Waals surface area contributed by atoms with Crippen LogP contribution in [-0.4, -0.2) is 19.0 Å². The minimum absolute atomic E-state index is 0.102. The molecule has 0 aromatic heterocycles. The first-order valence-electron chi connectivity index (χ1n) is 6.60. The van der Waals surface area contributed by atoms with E-state index >= 15 is 0 Å². The van der Waals surface area contributed by atoms with E-state index < -0.39 is 0 Å². The Balaban J connectivity index is 3.48. The Morgan fingerprint density at radius 3 is 2.33 bits per heavy atom. The SMILES string of the molecule is CC(C)CC#CC#CCCOCCC(=O)C(C)C. The molecule has 0 N–H and O–H groups in total. The Kier molecular flexibility index (Phi) is 10.1. The lowest BCUT2D eigenvalue weighted by Crippen LogP contribution is -2.10. The standard InChI is InChI=1S/C16H24O2/c1-14(2)10-8-6-5-7-9-12-18-13-11-16(17)15(3)4/h14-15H,9-13H2,1-4H3. The first-order valence-corrected chi connectivity index (χ1v) is 6.60. The van der Waals surface area contributed by atoms with E-state index in [1.165, 1.54) is 0 Å². The van der Waals surface area contributed by atoms with E-state index in [1.807, 2.05) is 13.8 Å². The molecule has 0 aliphatic rings. The number of carbonyl (C=O) groups excluding carboxylic acids is 1. The number of ether oxygens (including phenoxy) is 1. The maximum absolute atomic E-state index is 11.3. The van der Waals surface area contributed by atoms with Crippen molar-refractivity contribution in [3.05, 3.63) is 0 Å². The highest BCUT2D eigenvalue weighted by molar-refractivity contribution is 5.80. The van der Waals surface area contributed by atoms with Crippen molar-refractivity contribution in [2.45, 2.75) is 47.0 Å². The summed E-state index contributed by atoms with van der Waals surface area (Å²) < 4.78 is 5.33. The highest BCUT2D eigenvalue weighted by atomic mass is 16.5. The zero-order valence-corrected chi connectivity index (χ0v) is 12.0. The summed E-state index contributed by atoms with van der Waals surface area (Å²) in [6.45, 7) is 9.15. The molecule has 0 unspecified atom stereocenters. The van der Waals surface area contributed by atoms with E-state index in [0.29, 0.717) is 32.0 Å². The first-order chi connectivity index (χ1) is 8.54. The lowest BCUT2D eigenvalue weighted by atomic mass is 10.1. The van der Waals surface area contributed by atoms with Gasteiger partial charge in [0, 0.05) is 25.2 Å². The largest absolute Gasteiger partial charge is 0.380 e. The zero-order valence-electron chi connectivity index (χ0n) is 12.0. The summed E-state index contributed by atoms with van der Waals surface area (Å²) in [5.74, 6) is 12.5. The molecule has 0 saturated heterocycles. The minimum atomic E-state index is 0.102. The lowest BCUT2D eigenvalue weighted by molar-refractivity contribution is -0.122. The van der Waals surface area contributed by atoms with Gasteiger partial charge in [-0.25, -0.2) is 0 Å². The lowest BCUT2D eigenvalue weighted by Gasteiger charge is -2.03. The second-order valence-corrected chi connectivity index (χ2v) is 4.93. The van der Waals surface area contributed by atoms with Crippen molar-refractivity contribution in [2.75, 3.05) is 13.2 Å². The van der Waals surface area contributed by atoms with Crippen molar-refractivity contribution in [3.8, 4) is 23.7 Å². The van der Waals surface area contributed by atoms with Gasteiger partial charge in [0.25, 0.3) is 0 Å². The molecule has 0 aliphatic carbocycles. The second-order valence-electron chi connectivity index (χ2n) is 4.93. The van der Waals surface area contributed by atoms with E-state index in [2.05, 4.69) is 37.5 Å². The molecule has 18 heavy (non-hydrogen) atoms. The number of Topliss-reactive ketones (excluding diaryl/α,β-unsaturated/α-hetero) is 1. The van der Waals surface area contributed by atoms with Gasteiger partial charge in [0.05, 0.1) is 13.2 Å². The zero-order chi connectivity index (χ0) is 13.8. The third kappa shape index (κ3) is 11.2. The van der Waals surface area contributed by atoms with Crippen LogP contribution in [0, 0.1) is 35.5 Å². The maximum Gasteiger partial charge on any atom is 0.137 e. The molecule has 0 rings (SSSR count). The van der Waals surface area contributed by atoms with Gasteiger partial charge < -0.3 is 4.74 Å². The first kappa shape index (κ1) is 16.8. The molecule has 0 aromatic rings. The topological polar surface area (TPSA) is 26.3 Å². The highest BCUT2D eigenvalue weighted by Gasteiger charge is 2.05. The quantitative estimate of drug-likeness (QED) is 0.511. The molecule has 2 nitrogen and oxygen atoms in total. The molecule has 2 heteroatoms. The Labute approximate surface area is 111 Å². The van der Waals surface area contributed by atoms with Crippen molar-refractivity contribution in [1.82, 2.24) is 0 Å². The molecule has 0 atom stereocenters. The van der Waals surface area contributed by atoms with Crippen molar-refractivity contribution in [3.63, 3.8) is 0 Å². The van der Waals surface area contributed by atoms with Crippen LogP contribution >= 0.6 is 0 Å². The number of rotatable bonds is 7. The van der Waals surface area contributed by atoms with E-state index in [9.17, 15) is 4.79 Å². The summed E-state index contributed by atoms with van der Waals surface area (Å²) in [6, 6.07) is 0. The van der Waals surface area contributed by atoms with Crippen LogP contribution in [0.25, 0.3) is 0 Å². The van der Waals surface area contributed by atoms with Crippen LogP contribution in [0.4, 0.5) is 0 Å². The fraction of sp³-hybridized carbons (Fsp3) is 0.688. The summed E-state index contributed by atoms with van der Waals surface area (Å²) in [7, 11) is 0. The molecule has 0 radical (unpaired) electrons. The Bertz CT molecular complexity index is 345. The molecule has 0 heterocycles. The highest BCUT2D eigenvalue weighted by Crippen LogP contribution is 1.98. The van der Waals surface area contributed by atoms with Gasteiger partial charge in [-0.1, -0.05) is 39.5 Å². The number of ketones is 1. The third-order valence-corrected chi connectivity index (χ3v) is 2.26. The predicted octanol–water partition coefficient (Wildman–Crippen LogP) is 3.06. The van der Waals surface area contributed by atoms with Crippen LogP contribution in [0.3, 0.4) is 0 Å². The normalized spacial score (nSPS) is 9.67. The Morgan fingerprint density at radius 2 is 1.72 bits per heavy atom. The Hall–Kier alpha value is -1.25. The second kappa shape index (κ2) is 10.9. The van der Waals surface area contributed by atoms with Crippen molar-refractivity contribution < 1.29 is 9.53 Å². The minimum Gasteiger partial charge on any atom is -0.380 e. The van der Waals surface area contributed by atoms with Gasteiger partial charge in [0.1, 0.15) is 5.78 Å². The maximum atomic E-state index is 11.3. The summed E-state index contributed by atoms with van der Waals surface area (Å²) in [4.78, 5) is 11.3. The number of carbonyl (C=O) groups is 1. The van der Waals surface area contributed by atoms with Gasteiger partial charge in [0.15, 0.2) is 0 Å². The van der Waals surface area contributed by atoms with Gasteiger partial charge in [-0.05, 0) is 17.8 Å². The third-order valence-electron chi connectivity index (χ3n) is 2.26. The van der Waals surface area contributed by atoms with Gasteiger partial charge in [-0.15, -0.1) is 0 Å². The summed E-state index contributed by atoms with van der Waals surface area (Å²) in [5.41, 5.74) is 0. The predicted molar refractivity (Wildman–Crippen MR) is 74.9 cm³/mol.